The van der Waals surface area contributed by atoms with Gasteiger partial charge in [0.25, 0.3) is 0 Å². The van der Waals surface area contributed by atoms with Crippen molar-refractivity contribution in [2.75, 3.05) is 0 Å². The summed E-state index contributed by atoms with van der Waals surface area (Å²) in [5.74, 6) is 0. The summed E-state index contributed by atoms with van der Waals surface area (Å²) in [6, 6.07) is 11.8. The molecular formula is C15H13Cl3. The molecule has 0 heterocycles. The van der Waals surface area contributed by atoms with Crippen LogP contribution >= 0.6 is 34.8 Å². The van der Waals surface area contributed by atoms with Crippen molar-refractivity contribution in [1.82, 2.24) is 0 Å². The third-order valence-corrected chi connectivity index (χ3v) is 4.02. The van der Waals surface area contributed by atoms with Gasteiger partial charge in [0.15, 0.2) is 0 Å². The van der Waals surface area contributed by atoms with Gasteiger partial charge in [-0.15, -0.1) is 11.6 Å². The van der Waals surface area contributed by atoms with E-state index in [1.807, 2.05) is 12.1 Å². The van der Waals surface area contributed by atoms with Gasteiger partial charge in [-0.1, -0.05) is 58.6 Å². The lowest BCUT2D eigenvalue weighted by Crippen LogP contribution is -1.95. The standard InChI is InChI=1S/C15H13Cl3/c1-9-5-10(2)7-12(6-9)15(18)11-3-4-13(16)14(17)8-11/h3-8,15H,1-2H3. The second-order valence-corrected chi connectivity index (χ2v) is 5.71. The average molecular weight is 300 g/mol. The molecule has 1 atom stereocenters. The van der Waals surface area contributed by atoms with Crippen LogP contribution in [-0.2, 0) is 0 Å². The summed E-state index contributed by atoms with van der Waals surface area (Å²) < 4.78 is 0. The first kappa shape index (κ1) is 13.7. The van der Waals surface area contributed by atoms with Crippen LogP contribution in [0.15, 0.2) is 36.4 Å². The number of benzene rings is 2. The number of hydrogen-bond donors (Lipinski definition) is 0. The zero-order chi connectivity index (χ0) is 13.3. The smallest absolute Gasteiger partial charge is 0.0836 e. The number of aryl methyl sites for hydroxylation is 2. The predicted octanol–water partition coefficient (Wildman–Crippen LogP) is 5.94. The first-order valence-corrected chi connectivity index (χ1v) is 6.84. The number of hydrogen-bond acceptors (Lipinski definition) is 0. The zero-order valence-electron chi connectivity index (χ0n) is 10.2. The number of alkyl halides is 1. The Kier molecular flexibility index (Phi) is 4.21. The van der Waals surface area contributed by atoms with Crippen LogP contribution in [0.1, 0.15) is 27.6 Å². The van der Waals surface area contributed by atoms with Gasteiger partial charge in [-0.25, -0.2) is 0 Å². The minimum atomic E-state index is -0.210. The molecule has 0 fully saturated rings. The molecule has 0 spiro atoms. The fourth-order valence-electron chi connectivity index (χ4n) is 2.02. The van der Waals surface area contributed by atoms with E-state index in [2.05, 4.69) is 32.0 Å². The van der Waals surface area contributed by atoms with Gasteiger partial charge in [0, 0.05) is 0 Å². The zero-order valence-corrected chi connectivity index (χ0v) is 12.4. The van der Waals surface area contributed by atoms with E-state index in [0.29, 0.717) is 10.0 Å². The van der Waals surface area contributed by atoms with Crippen LogP contribution in [0.2, 0.25) is 10.0 Å². The maximum atomic E-state index is 6.50. The second kappa shape index (κ2) is 5.52. The lowest BCUT2D eigenvalue weighted by molar-refractivity contribution is 1.12. The Bertz CT molecular complexity index is 556. The highest BCUT2D eigenvalue weighted by molar-refractivity contribution is 6.42. The summed E-state index contributed by atoms with van der Waals surface area (Å²) in [5.41, 5.74) is 4.44. The average Bonchev–Trinajstić information content (AvgIpc) is 2.30. The van der Waals surface area contributed by atoms with Crippen LogP contribution < -0.4 is 0 Å². The van der Waals surface area contributed by atoms with E-state index in [0.717, 1.165) is 11.1 Å². The summed E-state index contributed by atoms with van der Waals surface area (Å²) in [7, 11) is 0. The highest BCUT2D eigenvalue weighted by Gasteiger charge is 2.13. The van der Waals surface area contributed by atoms with Crippen LogP contribution in [-0.4, -0.2) is 0 Å². The SMILES string of the molecule is Cc1cc(C)cc(C(Cl)c2ccc(Cl)c(Cl)c2)c1. The Labute approximate surface area is 122 Å². The van der Waals surface area contributed by atoms with Crippen molar-refractivity contribution in [3.8, 4) is 0 Å². The highest BCUT2D eigenvalue weighted by atomic mass is 35.5. The van der Waals surface area contributed by atoms with Crippen molar-refractivity contribution in [3.05, 3.63) is 68.7 Å². The number of rotatable bonds is 2. The Morgan fingerprint density at radius 2 is 1.39 bits per heavy atom. The second-order valence-electron chi connectivity index (χ2n) is 4.46. The Morgan fingerprint density at radius 1 is 0.778 bits per heavy atom. The third kappa shape index (κ3) is 3.00. The summed E-state index contributed by atoms with van der Waals surface area (Å²) in [5, 5.41) is 0.868. The van der Waals surface area contributed by atoms with E-state index >= 15 is 0 Å². The van der Waals surface area contributed by atoms with Crippen molar-refractivity contribution in [2.45, 2.75) is 19.2 Å². The molecular weight excluding hydrogens is 287 g/mol. The van der Waals surface area contributed by atoms with Crippen molar-refractivity contribution in [1.29, 1.82) is 0 Å². The molecule has 0 radical (unpaired) electrons. The van der Waals surface area contributed by atoms with Crippen LogP contribution in [0.25, 0.3) is 0 Å². The molecule has 94 valence electrons. The van der Waals surface area contributed by atoms with E-state index in [4.69, 9.17) is 34.8 Å². The molecule has 2 rings (SSSR count). The maximum absolute atomic E-state index is 6.50. The third-order valence-electron chi connectivity index (χ3n) is 2.77. The minimum absolute atomic E-state index is 0.210. The lowest BCUT2D eigenvalue weighted by Gasteiger charge is -2.13. The van der Waals surface area contributed by atoms with Gasteiger partial charge >= 0.3 is 0 Å². The molecule has 0 aromatic heterocycles. The topological polar surface area (TPSA) is 0 Å². The normalized spacial score (nSPS) is 12.5. The summed E-state index contributed by atoms with van der Waals surface area (Å²) in [6.07, 6.45) is 0. The Morgan fingerprint density at radius 3 is 1.94 bits per heavy atom. The molecule has 0 N–H and O–H groups in total. The molecule has 0 saturated carbocycles. The molecule has 0 aliphatic rings. The summed E-state index contributed by atoms with van der Waals surface area (Å²) in [6.45, 7) is 4.13. The molecule has 2 aromatic rings. The molecule has 0 nitrogen and oxygen atoms in total. The van der Waals surface area contributed by atoms with Gasteiger partial charge in [-0.3, -0.25) is 0 Å². The lowest BCUT2D eigenvalue weighted by atomic mass is 10.0. The number of halogens is 3. The monoisotopic (exact) mass is 298 g/mol. The van der Waals surface area contributed by atoms with Crippen molar-refractivity contribution in [3.63, 3.8) is 0 Å². The van der Waals surface area contributed by atoms with E-state index in [1.54, 1.807) is 6.07 Å². The van der Waals surface area contributed by atoms with Gasteiger partial charge < -0.3 is 0 Å². The molecule has 0 saturated heterocycles. The largest absolute Gasteiger partial charge is 0.113 e. The quantitative estimate of drug-likeness (QED) is 0.602. The van der Waals surface area contributed by atoms with Crippen molar-refractivity contribution >= 4 is 34.8 Å². The van der Waals surface area contributed by atoms with Gasteiger partial charge in [0.2, 0.25) is 0 Å². The molecule has 3 heteroatoms. The van der Waals surface area contributed by atoms with Gasteiger partial charge in [0.05, 0.1) is 15.4 Å². The molecule has 0 aliphatic carbocycles. The fourth-order valence-corrected chi connectivity index (χ4v) is 2.59. The first-order valence-electron chi connectivity index (χ1n) is 5.64. The first-order chi connectivity index (χ1) is 8.47. The molecule has 0 amide bonds. The molecule has 0 aliphatic heterocycles. The highest BCUT2D eigenvalue weighted by Crippen LogP contribution is 2.33. The molecule has 0 bridgehead atoms. The van der Waals surface area contributed by atoms with Gasteiger partial charge in [-0.05, 0) is 37.1 Å². The van der Waals surface area contributed by atoms with Crippen LogP contribution in [0.4, 0.5) is 0 Å². The van der Waals surface area contributed by atoms with Crippen LogP contribution in [0, 0.1) is 13.8 Å². The van der Waals surface area contributed by atoms with E-state index in [1.165, 1.54) is 11.1 Å². The summed E-state index contributed by atoms with van der Waals surface area (Å²) >= 11 is 18.4. The van der Waals surface area contributed by atoms with Gasteiger partial charge in [0.1, 0.15) is 0 Å². The van der Waals surface area contributed by atoms with Crippen molar-refractivity contribution in [2.24, 2.45) is 0 Å². The van der Waals surface area contributed by atoms with Crippen LogP contribution in [0.5, 0.6) is 0 Å². The van der Waals surface area contributed by atoms with E-state index in [9.17, 15) is 0 Å². The molecule has 2 aromatic carbocycles. The predicted molar refractivity (Wildman–Crippen MR) is 80.1 cm³/mol. The molecule has 18 heavy (non-hydrogen) atoms. The minimum Gasteiger partial charge on any atom is -0.113 e. The maximum Gasteiger partial charge on any atom is 0.0836 e. The van der Waals surface area contributed by atoms with Crippen molar-refractivity contribution < 1.29 is 0 Å². The van der Waals surface area contributed by atoms with E-state index < -0.39 is 0 Å². The van der Waals surface area contributed by atoms with Gasteiger partial charge in [-0.2, -0.15) is 0 Å². The van der Waals surface area contributed by atoms with E-state index in [-0.39, 0.29) is 5.38 Å². The Balaban J connectivity index is 2.40. The fraction of sp³-hybridized carbons (Fsp3) is 0.200. The van der Waals surface area contributed by atoms with Crippen LogP contribution in [0.3, 0.4) is 0 Å². The molecule has 1 unspecified atom stereocenters. The summed E-state index contributed by atoms with van der Waals surface area (Å²) in [4.78, 5) is 0. The Hall–Kier alpha value is -0.690.